The second kappa shape index (κ2) is 10.7. The van der Waals surface area contributed by atoms with E-state index < -0.39 is 5.97 Å². The van der Waals surface area contributed by atoms with Gasteiger partial charge in [-0.1, -0.05) is 35.9 Å². The van der Waals surface area contributed by atoms with Gasteiger partial charge in [0.2, 0.25) is 5.89 Å². The molecule has 2 aromatic carbocycles. The molecule has 0 aliphatic carbocycles. The highest BCUT2D eigenvalue weighted by Crippen LogP contribution is 2.26. The lowest BCUT2D eigenvalue weighted by Crippen LogP contribution is -2.12. The summed E-state index contributed by atoms with van der Waals surface area (Å²) in [4.78, 5) is 24.7. The molecule has 31 heavy (non-hydrogen) atoms. The van der Waals surface area contributed by atoms with Crippen LogP contribution in [0.2, 0.25) is 5.02 Å². The molecule has 1 aromatic heterocycles. The molecule has 0 amide bonds. The number of halogens is 1. The van der Waals surface area contributed by atoms with Crippen molar-refractivity contribution in [1.29, 1.82) is 0 Å². The maximum Gasteiger partial charge on any atom is 0.396 e. The second-order valence-electron chi connectivity index (χ2n) is 6.96. The van der Waals surface area contributed by atoms with E-state index in [4.69, 9.17) is 25.5 Å². The molecule has 162 valence electrons. The van der Waals surface area contributed by atoms with Crippen molar-refractivity contribution in [3.8, 4) is 5.75 Å². The Balaban J connectivity index is 1.78. The van der Waals surface area contributed by atoms with Gasteiger partial charge in [-0.15, -0.1) is 10.2 Å². The second-order valence-corrected chi connectivity index (χ2v) is 7.40. The first kappa shape index (κ1) is 22.5. The van der Waals surface area contributed by atoms with Crippen LogP contribution in [-0.4, -0.2) is 35.7 Å². The highest BCUT2D eigenvalue weighted by atomic mass is 35.5. The molecule has 0 radical (unpaired) electrons. The van der Waals surface area contributed by atoms with E-state index in [1.165, 1.54) is 0 Å². The van der Waals surface area contributed by atoms with Crippen molar-refractivity contribution in [3.63, 3.8) is 0 Å². The van der Waals surface area contributed by atoms with E-state index in [-0.39, 0.29) is 42.9 Å². The van der Waals surface area contributed by atoms with Crippen molar-refractivity contribution in [2.45, 2.75) is 32.1 Å². The molecule has 0 N–H and O–H groups in total. The van der Waals surface area contributed by atoms with Gasteiger partial charge in [0, 0.05) is 23.8 Å². The number of nitrogens with zero attached hydrogens (tertiary/aromatic N) is 2. The Bertz CT molecular complexity index is 1020. The molecule has 1 heterocycles. The summed E-state index contributed by atoms with van der Waals surface area (Å²) in [6.45, 7) is 1.89. The molecule has 0 saturated carbocycles. The molecule has 0 saturated heterocycles. The van der Waals surface area contributed by atoms with E-state index in [9.17, 15) is 9.59 Å². The third-order valence-electron chi connectivity index (χ3n) is 4.67. The van der Waals surface area contributed by atoms with E-state index in [0.29, 0.717) is 11.4 Å². The maximum absolute atomic E-state index is 12.8. The van der Waals surface area contributed by atoms with Crippen molar-refractivity contribution < 1.29 is 23.5 Å². The Morgan fingerprint density at radius 1 is 1.03 bits per heavy atom. The normalized spacial score (nSPS) is 11.7. The van der Waals surface area contributed by atoms with Crippen LogP contribution >= 0.6 is 11.6 Å². The molecular weight excluding hydrogens is 420 g/mol. The van der Waals surface area contributed by atoms with Crippen LogP contribution in [0.15, 0.2) is 52.9 Å². The highest BCUT2D eigenvalue weighted by molar-refractivity contribution is 6.30. The molecule has 0 spiro atoms. The summed E-state index contributed by atoms with van der Waals surface area (Å²) >= 11 is 5.92. The molecule has 7 nitrogen and oxygen atoms in total. The fourth-order valence-electron chi connectivity index (χ4n) is 3.14. The largest absolute Gasteiger partial charge is 0.497 e. The first-order chi connectivity index (χ1) is 15.0. The summed E-state index contributed by atoms with van der Waals surface area (Å²) in [5.41, 5.74) is 1.84. The van der Waals surface area contributed by atoms with Gasteiger partial charge in [-0.25, -0.2) is 4.79 Å². The van der Waals surface area contributed by atoms with Crippen LogP contribution in [0.4, 0.5) is 0 Å². The third-order valence-corrected chi connectivity index (χ3v) is 4.92. The monoisotopic (exact) mass is 442 g/mol. The third kappa shape index (κ3) is 6.39. The fraction of sp³-hybridized carbons (Fsp3) is 0.304. The number of esters is 1. The van der Waals surface area contributed by atoms with Crippen LogP contribution in [0.1, 0.15) is 47.0 Å². The van der Waals surface area contributed by atoms with Crippen LogP contribution in [-0.2, 0) is 22.4 Å². The standard InChI is InChI=1S/C23H23ClN2O5/c1-3-30-23(28)22-26-25-21(31-22)17(12-15-6-10-20(29-2)11-7-15)14-19(27)13-16-4-8-18(24)9-5-16/h4-11,17H,3,12-14H2,1-2H3. The lowest BCUT2D eigenvalue weighted by atomic mass is 9.92. The molecule has 3 rings (SSSR count). The molecule has 1 unspecified atom stereocenters. The summed E-state index contributed by atoms with van der Waals surface area (Å²) in [6, 6.07) is 14.7. The number of rotatable bonds is 10. The van der Waals surface area contributed by atoms with Crippen LogP contribution in [0, 0.1) is 0 Å². The van der Waals surface area contributed by atoms with Gasteiger partial charge in [0.1, 0.15) is 11.5 Å². The van der Waals surface area contributed by atoms with Crippen molar-refractivity contribution in [2.75, 3.05) is 13.7 Å². The minimum absolute atomic E-state index is 0.0109. The smallest absolute Gasteiger partial charge is 0.396 e. The van der Waals surface area contributed by atoms with Crippen molar-refractivity contribution in [3.05, 3.63) is 76.5 Å². The summed E-state index contributed by atoms with van der Waals surface area (Å²) in [5, 5.41) is 8.41. The number of hydrogen-bond donors (Lipinski definition) is 0. The molecule has 0 aliphatic heterocycles. The number of aromatic nitrogens is 2. The summed E-state index contributed by atoms with van der Waals surface area (Å²) in [5.74, 6) is -0.316. The first-order valence-corrected chi connectivity index (χ1v) is 10.3. The Labute approximate surface area is 185 Å². The maximum atomic E-state index is 12.8. The van der Waals surface area contributed by atoms with Gasteiger partial charge in [-0.2, -0.15) is 0 Å². The predicted molar refractivity (Wildman–Crippen MR) is 114 cm³/mol. The SMILES string of the molecule is CCOC(=O)c1nnc(C(CC(=O)Cc2ccc(Cl)cc2)Cc2ccc(OC)cc2)o1. The Hall–Kier alpha value is -3.19. The van der Waals surface area contributed by atoms with Crippen LogP contribution in [0.5, 0.6) is 5.75 Å². The number of benzene rings is 2. The molecule has 8 heteroatoms. The number of carbonyl (C=O) groups excluding carboxylic acids is 2. The lowest BCUT2D eigenvalue weighted by molar-refractivity contribution is -0.118. The van der Waals surface area contributed by atoms with Crippen LogP contribution < -0.4 is 4.74 Å². The first-order valence-electron chi connectivity index (χ1n) is 9.88. The Morgan fingerprint density at radius 3 is 2.35 bits per heavy atom. The van der Waals surface area contributed by atoms with Crippen molar-refractivity contribution >= 4 is 23.4 Å². The average molecular weight is 443 g/mol. The van der Waals surface area contributed by atoms with Crippen LogP contribution in [0.3, 0.4) is 0 Å². The molecule has 0 bridgehead atoms. The van der Waals surface area contributed by atoms with Crippen molar-refractivity contribution in [2.24, 2.45) is 0 Å². The summed E-state index contributed by atoms with van der Waals surface area (Å²) in [7, 11) is 1.60. The zero-order valence-corrected chi connectivity index (χ0v) is 18.1. The van der Waals surface area contributed by atoms with E-state index in [2.05, 4.69) is 10.2 Å². The number of ketones is 1. The van der Waals surface area contributed by atoms with E-state index in [0.717, 1.165) is 16.9 Å². The van der Waals surface area contributed by atoms with E-state index in [1.54, 1.807) is 26.2 Å². The molecule has 0 fully saturated rings. The van der Waals surface area contributed by atoms with Gasteiger partial charge in [0.15, 0.2) is 0 Å². The molecule has 3 aromatic rings. The number of ether oxygens (including phenoxy) is 2. The minimum atomic E-state index is -0.683. The quantitative estimate of drug-likeness (QED) is 0.428. The number of hydrogen-bond acceptors (Lipinski definition) is 7. The van der Waals surface area contributed by atoms with Gasteiger partial charge in [0.05, 0.1) is 13.7 Å². The number of methoxy groups -OCH3 is 1. The fourth-order valence-corrected chi connectivity index (χ4v) is 3.27. The van der Waals surface area contributed by atoms with E-state index in [1.807, 2.05) is 36.4 Å². The van der Waals surface area contributed by atoms with Gasteiger partial charge < -0.3 is 13.9 Å². The van der Waals surface area contributed by atoms with Gasteiger partial charge in [0.25, 0.3) is 0 Å². The van der Waals surface area contributed by atoms with Crippen LogP contribution in [0.25, 0.3) is 0 Å². The van der Waals surface area contributed by atoms with Gasteiger partial charge in [-0.3, -0.25) is 4.79 Å². The molecule has 1 atom stereocenters. The van der Waals surface area contributed by atoms with Gasteiger partial charge >= 0.3 is 11.9 Å². The number of carbonyl (C=O) groups is 2. The summed E-state index contributed by atoms with van der Waals surface area (Å²) in [6.07, 6.45) is 0.926. The zero-order valence-electron chi connectivity index (χ0n) is 17.3. The average Bonchev–Trinajstić information content (AvgIpc) is 3.26. The predicted octanol–water partition coefficient (Wildman–Crippen LogP) is 4.44. The Kier molecular flexibility index (Phi) is 7.78. The topological polar surface area (TPSA) is 91.5 Å². The van der Waals surface area contributed by atoms with Gasteiger partial charge in [-0.05, 0) is 48.7 Å². The lowest BCUT2D eigenvalue weighted by Gasteiger charge is -2.13. The summed E-state index contributed by atoms with van der Waals surface area (Å²) < 4.78 is 15.7. The Morgan fingerprint density at radius 2 is 1.71 bits per heavy atom. The van der Waals surface area contributed by atoms with E-state index >= 15 is 0 Å². The zero-order chi connectivity index (χ0) is 22.2. The molecule has 0 aliphatic rings. The number of Topliss-reactive ketones (excluding diaryl/α,β-unsaturated/α-hetero) is 1. The molecular formula is C23H23ClN2O5. The minimum Gasteiger partial charge on any atom is -0.497 e. The van der Waals surface area contributed by atoms with Crippen molar-refractivity contribution in [1.82, 2.24) is 10.2 Å². The highest BCUT2D eigenvalue weighted by Gasteiger charge is 2.25.